The zero-order chi connectivity index (χ0) is 15.6. The van der Waals surface area contributed by atoms with Crippen LogP contribution in [0.3, 0.4) is 0 Å². The Labute approximate surface area is 130 Å². The molecule has 0 spiro atoms. The molecule has 0 N–H and O–H groups in total. The van der Waals surface area contributed by atoms with Gasteiger partial charge in [-0.25, -0.2) is 0 Å². The molecule has 0 aliphatic rings. The van der Waals surface area contributed by atoms with Gasteiger partial charge >= 0.3 is 0 Å². The Morgan fingerprint density at radius 3 is 1.95 bits per heavy atom. The minimum absolute atomic E-state index is 0.166. The molecule has 120 valence electrons. The zero-order valence-electron chi connectivity index (χ0n) is 13.7. The van der Waals surface area contributed by atoms with Crippen molar-refractivity contribution >= 4 is 0 Å². The normalized spacial score (nSPS) is 11.7. The predicted octanol–water partition coefficient (Wildman–Crippen LogP) is 5.14. The Kier molecular flexibility index (Phi) is 16.0. The number of hydrogen-bond acceptors (Lipinski definition) is 3. The standard InChI is InChI=1S/C18H31NO2/c1-3-5-7-12-16-20-18(14-10-9-11-15-19)21-17-13-8-6-4-2/h7-8,12-13,18H,3-6,9-11,14,16-17H2,1-2H3/b12-7+,13-8+. The van der Waals surface area contributed by atoms with Crippen molar-refractivity contribution in [2.75, 3.05) is 13.2 Å². The molecule has 0 heterocycles. The molecule has 0 unspecified atom stereocenters. The van der Waals surface area contributed by atoms with Crippen LogP contribution in [-0.4, -0.2) is 19.5 Å². The molecular weight excluding hydrogens is 262 g/mol. The highest BCUT2D eigenvalue weighted by Crippen LogP contribution is 2.09. The summed E-state index contributed by atoms with van der Waals surface area (Å²) in [6, 6.07) is 2.17. The van der Waals surface area contributed by atoms with E-state index < -0.39 is 0 Å². The van der Waals surface area contributed by atoms with E-state index in [0.29, 0.717) is 19.6 Å². The van der Waals surface area contributed by atoms with E-state index in [9.17, 15) is 0 Å². The maximum absolute atomic E-state index is 8.55. The highest BCUT2D eigenvalue weighted by atomic mass is 16.7. The average Bonchev–Trinajstić information content (AvgIpc) is 2.50. The quantitative estimate of drug-likeness (QED) is 0.253. The molecule has 0 aliphatic carbocycles. The second-order valence-electron chi connectivity index (χ2n) is 5.02. The lowest BCUT2D eigenvalue weighted by Crippen LogP contribution is -2.17. The monoisotopic (exact) mass is 293 g/mol. The second-order valence-corrected chi connectivity index (χ2v) is 5.02. The van der Waals surface area contributed by atoms with Crippen molar-refractivity contribution < 1.29 is 9.47 Å². The fraction of sp³-hybridized carbons (Fsp3) is 0.722. The van der Waals surface area contributed by atoms with Gasteiger partial charge in [0, 0.05) is 6.42 Å². The maximum Gasteiger partial charge on any atom is 0.158 e. The number of rotatable bonds is 14. The molecule has 21 heavy (non-hydrogen) atoms. The first-order valence-corrected chi connectivity index (χ1v) is 8.25. The van der Waals surface area contributed by atoms with Crippen LogP contribution in [0.1, 0.15) is 65.2 Å². The molecule has 0 amide bonds. The van der Waals surface area contributed by atoms with Crippen LogP contribution in [0.15, 0.2) is 24.3 Å². The molecule has 0 radical (unpaired) electrons. The third kappa shape index (κ3) is 15.1. The van der Waals surface area contributed by atoms with Crippen molar-refractivity contribution in [2.45, 2.75) is 71.5 Å². The van der Waals surface area contributed by atoms with Crippen molar-refractivity contribution in [3.63, 3.8) is 0 Å². The van der Waals surface area contributed by atoms with Crippen molar-refractivity contribution in [1.82, 2.24) is 0 Å². The van der Waals surface area contributed by atoms with E-state index in [1.54, 1.807) is 0 Å². The summed E-state index contributed by atoms with van der Waals surface area (Å²) in [6.07, 6.45) is 16.1. The number of ether oxygens (including phenoxy) is 2. The fourth-order valence-corrected chi connectivity index (χ4v) is 1.76. The molecule has 0 fully saturated rings. The van der Waals surface area contributed by atoms with Gasteiger partial charge in [-0.05, 0) is 32.1 Å². The van der Waals surface area contributed by atoms with E-state index in [0.717, 1.165) is 44.9 Å². The lowest BCUT2D eigenvalue weighted by atomic mass is 10.2. The first-order chi connectivity index (χ1) is 10.3. The molecule has 3 heteroatoms. The summed E-state index contributed by atoms with van der Waals surface area (Å²) >= 11 is 0. The van der Waals surface area contributed by atoms with Gasteiger partial charge in [0.1, 0.15) is 0 Å². The van der Waals surface area contributed by atoms with Crippen LogP contribution < -0.4 is 0 Å². The minimum Gasteiger partial charge on any atom is -0.349 e. The topological polar surface area (TPSA) is 42.2 Å². The SMILES string of the molecule is CCC/C=C/COC(CCCCC#N)OC/C=C/CCC. The van der Waals surface area contributed by atoms with E-state index in [2.05, 4.69) is 44.2 Å². The van der Waals surface area contributed by atoms with E-state index in [1.165, 1.54) is 0 Å². The summed E-state index contributed by atoms with van der Waals surface area (Å²) in [5.41, 5.74) is 0. The van der Waals surface area contributed by atoms with Crippen LogP contribution in [0.4, 0.5) is 0 Å². The Morgan fingerprint density at radius 2 is 1.48 bits per heavy atom. The van der Waals surface area contributed by atoms with Crippen molar-refractivity contribution in [1.29, 1.82) is 5.26 Å². The van der Waals surface area contributed by atoms with Crippen LogP contribution in [0.5, 0.6) is 0 Å². The van der Waals surface area contributed by atoms with Crippen LogP contribution >= 0.6 is 0 Å². The van der Waals surface area contributed by atoms with Crippen molar-refractivity contribution in [3.05, 3.63) is 24.3 Å². The van der Waals surface area contributed by atoms with Gasteiger partial charge in [-0.3, -0.25) is 0 Å². The largest absolute Gasteiger partial charge is 0.349 e. The third-order valence-corrected chi connectivity index (χ3v) is 2.98. The number of allylic oxidation sites excluding steroid dienone is 2. The first-order valence-electron chi connectivity index (χ1n) is 8.25. The van der Waals surface area contributed by atoms with E-state index >= 15 is 0 Å². The summed E-state index contributed by atoms with van der Waals surface area (Å²) in [6.45, 7) is 5.52. The van der Waals surface area contributed by atoms with E-state index in [-0.39, 0.29) is 6.29 Å². The molecule has 0 aromatic rings. The Bertz CT molecular complexity index is 285. The van der Waals surface area contributed by atoms with Crippen LogP contribution in [0.2, 0.25) is 0 Å². The zero-order valence-corrected chi connectivity index (χ0v) is 13.7. The summed E-state index contributed by atoms with van der Waals surface area (Å²) in [7, 11) is 0. The summed E-state index contributed by atoms with van der Waals surface area (Å²) < 4.78 is 11.5. The number of hydrogen-bond donors (Lipinski definition) is 0. The Hall–Kier alpha value is -1.11. The van der Waals surface area contributed by atoms with Crippen LogP contribution in [0.25, 0.3) is 0 Å². The van der Waals surface area contributed by atoms with Gasteiger partial charge in [0.15, 0.2) is 6.29 Å². The summed E-state index contributed by atoms with van der Waals surface area (Å²) in [5.74, 6) is 0. The average molecular weight is 293 g/mol. The second kappa shape index (κ2) is 16.9. The molecule has 0 saturated heterocycles. The molecule has 0 aromatic heterocycles. The van der Waals surface area contributed by atoms with Gasteiger partial charge in [-0.2, -0.15) is 5.26 Å². The molecule has 0 aliphatic heterocycles. The smallest absolute Gasteiger partial charge is 0.158 e. The van der Waals surface area contributed by atoms with E-state index in [4.69, 9.17) is 14.7 Å². The van der Waals surface area contributed by atoms with Crippen LogP contribution in [0, 0.1) is 11.3 Å². The molecule has 0 rings (SSSR count). The number of nitriles is 1. The maximum atomic E-state index is 8.55. The van der Waals surface area contributed by atoms with E-state index in [1.807, 2.05) is 0 Å². The number of nitrogens with zero attached hydrogens (tertiary/aromatic N) is 1. The Morgan fingerprint density at radius 1 is 0.905 bits per heavy atom. The molecule has 3 nitrogen and oxygen atoms in total. The van der Waals surface area contributed by atoms with Crippen LogP contribution in [-0.2, 0) is 9.47 Å². The van der Waals surface area contributed by atoms with Gasteiger partial charge in [0.25, 0.3) is 0 Å². The molecule has 0 atom stereocenters. The Balaban J connectivity index is 3.93. The van der Waals surface area contributed by atoms with Gasteiger partial charge in [-0.15, -0.1) is 0 Å². The summed E-state index contributed by atoms with van der Waals surface area (Å²) in [5, 5.41) is 8.55. The minimum atomic E-state index is -0.166. The van der Waals surface area contributed by atoms with Crippen molar-refractivity contribution in [2.24, 2.45) is 0 Å². The molecule has 0 saturated carbocycles. The molecular formula is C18H31NO2. The third-order valence-electron chi connectivity index (χ3n) is 2.98. The molecule has 0 bridgehead atoms. The van der Waals surface area contributed by atoms with Crippen molar-refractivity contribution in [3.8, 4) is 6.07 Å². The molecule has 0 aromatic carbocycles. The highest BCUT2D eigenvalue weighted by Gasteiger charge is 2.07. The predicted molar refractivity (Wildman–Crippen MR) is 87.9 cm³/mol. The van der Waals surface area contributed by atoms with Gasteiger partial charge < -0.3 is 9.47 Å². The van der Waals surface area contributed by atoms with Gasteiger partial charge in [0.2, 0.25) is 0 Å². The summed E-state index contributed by atoms with van der Waals surface area (Å²) in [4.78, 5) is 0. The lowest BCUT2D eigenvalue weighted by Gasteiger charge is -2.16. The van der Waals surface area contributed by atoms with Gasteiger partial charge in [-0.1, -0.05) is 51.0 Å². The fourth-order valence-electron chi connectivity index (χ4n) is 1.76. The van der Waals surface area contributed by atoms with Gasteiger partial charge in [0.05, 0.1) is 19.3 Å². The lowest BCUT2D eigenvalue weighted by molar-refractivity contribution is -0.131. The highest BCUT2D eigenvalue weighted by molar-refractivity contribution is 4.82. The number of unbranched alkanes of at least 4 members (excludes halogenated alkanes) is 4. The first kappa shape index (κ1) is 19.9.